The quantitative estimate of drug-likeness (QED) is 0.626. The molecule has 0 radical (unpaired) electrons. The van der Waals surface area contributed by atoms with E-state index in [1.165, 1.54) is 4.88 Å². The minimum atomic E-state index is 0.280. The number of guanidine groups is 1. The Bertz CT molecular complexity index is 590. The van der Waals surface area contributed by atoms with Crippen molar-refractivity contribution < 1.29 is 4.74 Å². The van der Waals surface area contributed by atoms with Gasteiger partial charge in [0.05, 0.1) is 18.8 Å². The summed E-state index contributed by atoms with van der Waals surface area (Å²) in [6.07, 6.45) is 0.297. The first kappa shape index (κ1) is 20.0. The summed E-state index contributed by atoms with van der Waals surface area (Å²) in [5.74, 6) is 2.18. The highest BCUT2D eigenvalue weighted by Gasteiger charge is 2.30. The fourth-order valence-corrected chi connectivity index (χ4v) is 5.71. The zero-order chi connectivity index (χ0) is 18.6. The van der Waals surface area contributed by atoms with Crippen molar-refractivity contribution >= 4 is 29.1 Å². The summed E-state index contributed by atoms with van der Waals surface area (Å²) in [5, 5.41) is 5.84. The van der Waals surface area contributed by atoms with Crippen molar-refractivity contribution in [1.82, 2.24) is 15.1 Å². The molecule has 2 atom stereocenters. The molecule has 0 saturated carbocycles. The van der Waals surface area contributed by atoms with Crippen LogP contribution in [-0.2, 0) is 4.74 Å². The van der Waals surface area contributed by atoms with Crippen LogP contribution in [0, 0.1) is 0 Å². The van der Waals surface area contributed by atoms with Crippen LogP contribution in [0.25, 0.3) is 0 Å². The van der Waals surface area contributed by atoms with Gasteiger partial charge in [0, 0.05) is 55.1 Å². The highest BCUT2D eigenvalue weighted by Crippen LogP contribution is 2.30. The molecule has 5 nitrogen and oxygen atoms in total. The van der Waals surface area contributed by atoms with Gasteiger partial charge in [0.2, 0.25) is 0 Å². The van der Waals surface area contributed by atoms with Crippen molar-refractivity contribution in [3.8, 4) is 0 Å². The standard InChI is InChI=1S/C19H32N4OS2/c1-15-13-22(7-9-24-15)16(17-6-5-10-25-17)12-21-18(20-4)23-8-11-26-19(2,3)14-23/h5-6,10,15-16H,7-9,11-14H2,1-4H3,(H,20,21). The largest absolute Gasteiger partial charge is 0.376 e. The summed E-state index contributed by atoms with van der Waals surface area (Å²) in [7, 11) is 1.90. The lowest BCUT2D eigenvalue weighted by Gasteiger charge is -2.40. The van der Waals surface area contributed by atoms with Crippen molar-refractivity contribution in [3.63, 3.8) is 0 Å². The Morgan fingerprint density at radius 1 is 1.46 bits per heavy atom. The predicted octanol–water partition coefficient (Wildman–Crippen LogP) is 2.91. The van der Waals surface area contributed by atoms with Crippen LogP contribution in [0.2, 0.25) is 0 Å². The molecule has 2 saturated heterocycles. The maximum absolute atomic E-state index is 5.75. The van der Waals surface area contributed by atoms with Gasteiger partial charge < -0.3 is 15.0 Å². The normalized spacial score (nSPS) is 25.9. The Morgan fingerprint density at radius 3 is 2.96 bits per heavy atom. The zero-order valence-corrected chi connectivity index (χ0v) is 18.0. The van der Waals surface area contributed by atoms with Gasteiger partial charge in [-0.25, -0.2) is 0 Å². The summed E-state index contributed by atoms with van der Waals surface area (Å²) in [4.78, 5) is 10.9. The molecule has 2 unspecified atom stereocenters. The van der Waals surface area contributed by atoms with Crippen LogP contribution >= 0.6 is 23.1 Å². The third-order valence-electron chi connectivity index (χ3n) is 4.98. The van der Waals surface area contributed by atoms with Crippen molar-refractivity contribution in [1.29, 1.82) is 0 Å². The van der Waals surface area contributed by atoms with Crippen LogP contribution in [0.5, 0.6) is 0 Å². The lowest BCUT2D eigenvalue weighted by atomic mass is 10.1. The molecule has 0 aromatic carbocycles. The summed E-state index contributed by atoms with van der Waals surface area (Å²) >= 11 is 3.89. The molecule has 1 N–H and O–H groups in total. The third-order valence-corrected chi connectivity index (χ3v) is 7.25. The van der Waals surface area contributed by atoms with E-state index in [0.717, 1.165) is 51.0 Å². The number of rotatable bonds is 4. The Labute approximate surface area is 166 Å². The van der Waals surface area contributed by atoms with Gasteiger partial charge in [-0.1, -0.05) is 6.07 Å². The highest BCUT2D eigenvalue weighted by molar-refractivity contribution is 8.00. The molecule has 2 aliphatic heterocycles. The smallest absolute Gasteiger partial charge is 0.193 e. The van der Waals surface area contributed by atoms with Gasteiger partial charge in [-0.3, -0.25) is 9.89 Å². The van der Waals surface area contributed by atoms with Crippen molar-refractivity contribution in [3.05, 3.63) is 22.4 Å². The third kappa shape index (κ3) is 5.15. The van der Waals surface area contributed by atoms with Crippen LogP contribution in [0.4, 0.5) is 0 Å². The van der Waals surface area contributed by atoms with Crippen LogP contribution in [0.1, 0.15) is 31.7 Å². The van der Waals surface area contributed by atoms with E-state index in [4.69, 9.17) is 4.74 Å². The van der Waals surface area contributed by atoms with Gasteiger partial charge in [0.15, 0.2) is 5.96 Å². The number of nitrogens with one attached hydrogen (secondary N) is 1. The van der Waals surface area contributed by atoms with Crippen molar-refractivity contribution in [2.75, 3.05) is 52.1 Å². The van der Waals surface area contributed by atoms with Crippen molar-refractivity contribution in [2.45, 2.75) is 37.7 Å². The molecule has 0 bridgehead atoms. The van der Waals surface area contributed by atoms with E-state index in [9.17, 15) is 0 Å². The molecule has 2 fully saturated rings. The molecule has 1 aromatic rings. The second-order valence-electron chi connectivity index (χ2n) is 7.67. The topological polar surface area (TPSA) is 40.1 Å². The molecule has 1 aromatic heterocycles. The Hall–Kier alpha value is -0.760. The lowest BCUT2D eigenvalue weighted by molar-refractivity contribution is -0.0334. The molecule has 26 heavy (non-hydrogen) atoms. The maximum Gasteiger partial charge on any atom is 0.193 e. The molecule has 3 rings (SSSR count). The Kier molecular flexibility index (Phi) is 6.88. The van der Waals surface area contributed by atoms with E-state index in [1.807, 2.05) is 18.4 Å². The molecular formula is C19H32N4OS2. The number of nitrogens with zero attached hydrogens (tertiary/aromatic N) is 3. The molecule has 0 aliphatic carbocycles. The molecular weight excluding hydrogens is 364 g/mol. The first-order valence-electron chi connectivity index (χ1n) is 9.47. The average molecular weight is 397 g/mol. The van der Waals surface area contributed by atoms with E-state index in [1.54, 1.807) is 0 Å². The first-order chi connectivity index (χ1) is 12.5. The summed E-state index contributed by atoms with van der Waals surface area (Å²) in [5.41, 5.74) is 0. The van der Waals surface area contributed by atoms with E-state index >= 15 is 0 Å². The van der Waals surface area contributed by atoms with Crippen LogP contribution in [0.3, 0.4) is 0 Å². The van der Waals surface area contributed by atoms with Crippen LogP contribution in [-0.4, -0.2) is 78.7 Å². The van der Waals surface area contributed by atoms with Crippen molar-refractivity contribution in [2.24, 2.45) is 4.99 Å². The van der Waals surface area contributed by atoms with Crippen LogP contribution in [0.15, 0.2) is 22.5 Å². The van der Waals surface area contributed by atoms with Gasteiger partial charge in [0.25, 0.3) is 0 Å². The monoisotopic (exact) mass is 396 g/mol. The fraction of sp³-hybridized carbons (Fsp3) is 0.737. The van der Waals surface area contributed by atoms with Gasteiger partial charge >= 0.3 is 0 Å². The number of thioether (sulfide) groups is 1. The molecule has 0 amide bonds. The van der Waals surface area contributed by atoms with E-state index in [-0.39, 0.29) is 4.75 Å². The van der Waals surface area contributed by atoms with E-state index in [2.05, 4.69) is 70.2 Å². The van der Waals surface area contributed by atoms with Gasteiger partial charge in [0.1, 0.15) is 0 Å². The van der Waals surface area contributed by atoms with Crippen LogP contribution < -0.4 is 5.32 Å². The van der Waals surface area contributed by atoms with Gasteiger partial charge in [-0.2, -0.15) is 11.8 Å². The Morgan fingerprint density at radius 2 is 2.31 bits per heavy atom. The molecule has 0 spiro atoms. The summed E-state index contributed by atoms with van der Waals surface area (Å²) in [6, 6.07) is 4.77. The zero-order valence-electron chi connectivity index (χ0n) is 16.4. The summed E-state index contributed by atoms with van der Waals surface area (Å²) < 4.78 is 6.03. The number of hydrogen-bond donors (Lipinski definition) is 1. The summed E-state index contributed by atoms with van der Waals surface area (Å²) in [6.45, 7) is 12.6. The predicted molar refractivity (Wildman–Crippen MR) is 114 cm³/mol. The highest BCUT2D eigenvalue weighted by atomic mass is 32.2. The second-order valence-corrected chi connectivity index (χ2v) is 10.4. The second kappa shape index (κ2) is 8.95. The Balaban J connectivity index is 1.66. The average Bonchev–Trinajstić information content (AvgIpc) is 3.12. The number of hydrogen-bond acceptors (Lipinski definition) is 5. The lowest BCUT2D eigenvalue weighted by Crippen LogP contribution is -2.53. The minimum Gasteiger partial charge on any atom is -0.376 e. The van der Waals surface area contributed by atoms with Gasteiger partial charge in [-0.15, -0.1) is 11.3 Å². The van der Waals surface area contributed by atoms with E-state index < -0.39 is 0 Å². The first-order valence-corrected chi connectivity index (χ1v) is 11.3. The van der Waals surface area contributed by atoms with Gasteiger partial charge in [-0.05, 0) is 32.2 Å². The molecule has 2 aliphatic rings. The molecule has 146 valence electrons. The molecule has 7 heteroatoms. The number of thiophene rings is 1. The SMILES string of the molecule is CN=C(NCC(c1cccs1)N1CCOC(C)C1)N1CCSC(C)(C)C1. The number of morpholine rings is 1. The van der Waals surface area contributed by atoms with E-state index in [0.29, 0.717) is 12.1 Å². The maximum atomic E-state index is 5.75. The molecule has 3 heterocycles. The minimum absolute atomic E-state index is 0.280. The number of aliphatic imine (C=N–C) groups is 1. The fourth-order valence-electron chi connectivity index (χ4n) is 3.74. The number of ether oxygens (including phenoxy) is 1.